The lowest BCUT2D eigenvalue weighted by molar-refractivity contribution is -0.147. The lowest BCUT2D eigenvalue weighted by Crippen LogP contribution is -2.55. The van der Waals surface area contributed by atoms with Crippen molar-refractivity contribution in [2.45, 2.75) is 18.6 Å². The Morgan fingerprint density at radius 1 is 0.971 bits per heavy atom. The SMILES string of the molecule is O=C(O)COC1CN(C(=O)c2ccc(CNC(=O)OCC3c4ccccc4-c4ccccc43)o2)C1. The molecule has 2 aliphatic rings. The van der Waals surface area contributed by atoms with Gasteiger partial charge in [-0.25, -0.2) is 9.59 Å². The average Bonchev–Trinajstić information content (AvgIpc) is 3.43. The fourth-order valence-electron chi connectivity index (χ4n) is 4.45. The maximum Gasteiger partial charge on any atom is 0.407 e. The monoisotopic (exact) mass is 476 g/mol. The number of ether oxygens (including phenoxy) is 2. The molecule has 5 rings (SSSR count). The largest absolute Gasteiger partial charge is 0.480 e. The van der Waals surface area contributed by atoms with Crippen LogP contribution in [0.4, 0.5) is 4.79 Å². The molecule has 0 unspecified atom stereocenters. The van der Waals surface area contributed by atoms with Crippen LogP contribution in [0.1, 0.15) is 33.4 Å². The molecule has 2 amide bonds. The van der Waals surface area contributed by atoms with Crippen LogP contribution < -0.4 is 5.32 Å². The topological polar surface area (TPSA) is 118 Å². The number of aliphatic carboxylic acids is 1. The third-order valence-electron chi connectivity index (χ3n) is 6.20. The molecule has 9 heteroatoms. The van der Waals surface area contributed by atoms with Gasteiger partial charge < -0.3 is 29.2 Å². The maximum absolute atomic E-state index is 12.5. The Balaban J connectivity index is 1.10. The summed E-state index contributed by atoms with van der Waals surface area (Å²) in [5.74, 6) is -0.824. The zero-order valence-electron chi connectivity index (χ0n) is 18.8. The van der Waals surface area contributed by atoms with E-state index in [1.54, 1.807) is 12.1 Å². The molecular weight excluding hydrogens is 452 g/mol. The number of nitrogens with one attached hydrogen (secondary N) is 1. The molecule has 35 heavy (non-hydrogen) atoms. The van der Waals surface area contributed by atoms with Crippen molar-refractivity contribution in [3.05, 3.63) is 83.3 Å². The summed E-state index contributed by atoms with van der Waals surface area (Å²) in [5.41, 5.74) is 4.59. The van der Waals surface area contributed by atoms with Crippen molar-refractivity contribution >= 4 is 18.0 Å². The number of benzene rings is 2. The number of furan rings is 1. The highest BCUT2D eigenvalue weighted by molar-refractivity contribution is 5.92. The van der Waals surface area contributed by atoms with Crippen molar-refractivity contribution in [1.29, 1.82) is 0 Å². The van der Waals surface area contributed by atoms with Crippen LogP contribution in [-0.4, -0.2) is 60.4 Å². The lowest BCUT2D eigenvalue weighted by atomic mass is 9.98. The summed E-state index contributed by atoms with van der Waals surface area (Å²) in [6, 6.07) is 19.4. The number of carboxylic acid groups (broad SMARTS) is 1. The quantitative estimate of drug-likeness (QED) is 0.512. The van der Waals surface area contributed by atoms with Gasteiger partial charge >= 0.3 is 12.1 Å². The summed E-state index contributed by atoms with van der Waals surface area (Å²) in [6.07, 6.45) is -0.864. The molecule has 9 nitrogen and oxygen atoms in total. The first-order valence-corrected chi connectivity index (χ1v) is 11.3. The van der Waals surface area contributed by atoms with E-state index in [0.717, 1.165) is 22.3 Å². The number of carboxylic acids is 1. The Morgan fingerprint density at radius 3 is 2.29 bits per heavy atom. The molecule has 2 aromatic carbocycles. The van der Waals surface area contributed by atoms with Crippen LogP contribution in [0.5, 0.6) is 0 Å². The summed E-state index contributed by atoms with van der Waals surface area (Å²) >= 11 is 0. The minimum absolute atomic E-state index is 0.0270. The predicted molar refractivity (Wildman–Crippen MR) is 124 cm³/mol. The first-order valence-electron chi connectivity index (χ1n) is 11.3. The van der Waals surface area contributed by atoms with E-state index < -0.39 is 12.1 Å². The van der Waals surface area contributed by atoms with Gasteiger partial charge in [0.25, 0.3) is 5.91 Å². The third kappa shape index (κ3) is 4.76. The molecule has 0 bridgehead atoms. The number of amides is 2. The molecule has 0 saturated carbocycles. The second kappa shape index (κ2) is 9.63. The molecule has 0 atom stereocenters. The van der Waals surface area contributed by atoms with Crippen molar-refractivity contribution in [1.82, 2.24) is 10.2 Å². The van der Waals surface area contributed by atoms with Gasteiger partial charge in [-0.15, -0.1) is 0 Å². The molecule has 1 aromatic heterocycles. The molecule has 1 fully saturated rings. The van der Waals surface area contributed by atoms with Gasteiger partial charge in [0.1, 0.15) is 19.0 Å². The number of fused-ring (bicyclic) bond motifs is 3. The molecule has 2 heterocycles. The number of hydrogen-bond donors (Lipinski definition) is 2. The molecule has 0 spiro atoms. The summed E-state index contributed by atoms with van der Waals surface area (Å²) < 4.78 is 16.2. The van der Waals surface area contributed by atoms with Crippen molar-refractivity contribution in [2.75, 3.05) is 26.3 Å². The smallest absolute Gasteiger partial charge is 0.407 e. The molecule has 3 aromatic rings. The number of hydrogen-bond acceptors (Lipinski definition) is 6. The van der Waals surface area contributed by atoms with E-state index >= 15 is 0 Å². The molecule has 2 N–H and O–H groups in total. The number of carbonyl (C=O) groups is 3. The number of carbonyl (C=O) groups excluding carboxylic acids is 2. The fourth-order valence-corrected chi connectivity index (χ4v) is 4.45. The van der Waals surface area contributed by atoms with Gasteiger partial charge in [0.15, 0.2) is 5.76 Å². The fraction of sp³-hybridized carbons (Fsp3) is 0.269. The molecule has 0 radical (unpaired) electrons. The van der Waals surface area contributed by atoms with Crippen molar-refractivity contribution in [2.24, 2.45) is 0 Å². The minimum atomic E-state index is -1.05. The van der Waals surface area contributed by atoms with E-state index in [9.17, 15) is 14.4 Å². The Labute approximate surface area is 201 Å². The van der Waals surface area contributed by atoms with Gasteiger partial charge in [-0.2, -0.15) is 0 Å². The van der Waals surface area contributed by atoms with Crippen molar-refractivity contribution in [3.63, 3.8) is 0 Å². The Hall–Kier alpha value is -4.11. The van der Waals surface area contributed by atoms with Crippen LogP contribution in [0.3, 0.4) is 0 Å². The zero-order valence-corrected chi connectivity index (χ0v) is 18.8. The van der Waals surface area contributed by atoms with Gasteiger partial charge in [0.2, 0.25) is 0 Å². The van der Waals surface area contributed by atoms with Crippen LogP contribution >= 0.6 is 0 Å². The van der Waals surface area contributed by atoms with E-state index in [-0.39, 0.29) is 43.4 Å². The lowest BCUT2D eigenvalue weighted by Gasteiger charge is -2.37. The summed E-state index contributed by atoms with van der Waals surface area (Å²) in [4.78, 5) is 36.9. The average molecular weight is 476 g/mol. The normalized spacial score (nSPS) is 14.7. The first-order chi connectivity index (χ1) is 17.0. The van der Waals surface area contributed by atoms with Gasteiger partial charge in [-0.1, -0.05) is 48.5 Å². The summed E-state index contributed by atoms with van der Waals surface area (Å²) in [7, 11) is 0. The zero-order chi connectivity index (χ0) is 24.4. The standard InChI is InChI=1S/C26H24N2O7/c29-24(30)15-33-17-12-28(13-17)25(31)23-10-9-16(35-23)11-27-26(32)34-14-22-20-7-3-1-5-18(20)19-6-2-4-8-21(19)22/h1-10,17,22H,11-15H2,(H,27,32)(H,29,30). The van der Waals surface area contributed by atoms with Gasteiger partial charge in [-0.3, -0.25) is 4.79 Å². The number of nitrogens with zero attached hydrogens (tertiary/aromatic N) is 1. The highest BCUT2D eigenvalue weighted by atomic mass is 16.5. The first kappa shape index (κ1) is 22.7. The van der Waals surface area contributed by atoms with E-state index in [1.807, 2.05) is 24.3 Å². The van der Waals surface area contributed by atoms with Gasteiger partial charge in [-0.05, 0) is 34.4 Å². The highest BCUT2D eigenvalue weighted by Crippen LogP contribution is 2.44. The van der Waals surface area contributed by atoms with Crippen molar-refractivity contribution < 1.29 is 33.4 Å². The molecular formula is C26H24N2O7. The molecule has 1 saturated heterocycles. The van der Waals surface area contributed by atoms with Crippen LogP contribution in [0.2, 0.25) is 0 Å². The van der Waals surface area contributed by atoms with Crippen molar-refractivity contribution in [3.8, 4) is 11.1 Å². The van der Waals surface area contributed by atoms with E-state index in [4.69, 9.17) is 19.0 Å². The van der Waals surface area contributed by atoms with E-state index in [0.29, 0.717) is 18.8 Å². The second-order valence-corrected chi connectivity index (χ2v) is 8.48. The third-order valence-corrected chi connectivity index (χ3v) is 6.20. The van der Waals surface area contributed by atoms with Crippen LogP contribution in [0.15, 0.2) is 65.1 Å². The van der Waals surface area contributed by atoms with Crippen LogP contribution in [0, 0.1) is 0 Å². The molecule has 1 aliphatic carbocycles. The summed E-state index contributed by atoms with van der Waals surface area (Å²) in [5, 5.41) is 11.3. The Kier molecular flexibility index (Phi) is 6.24. The molecule has 180 valence electrons. The Bertz CT molecular complexity index is 1220. The minimum Gasteiger partial charge on any atom is -0.480 e. The van der Waals surface area contributed by atoms with Gasteiger partial charge in [0, 0.05) is 19.0 Å². The summed E-state index contributed by atoms with van der Waals surface area (Å²) in [6.45, 7) is 0.509. The van der Waals surface area contributed by atoms with E-state index in [2.05, 4.69) is 29.6 Å². The number of likely N-dealkylation sites (tertiary alicyclic amines) is 1. The predicted octanol–water partition coefficient (Wildman–Crippen LogP) is 3.24. The molecule has 1 aliphatic heterocycles. The highest BCUT2D eigenvalue weighted by Gasteiger charge is 2.34. The second-order valence-electron chi connectivity index (χ2n) is 8.48. The maximum atomic E-state index is 12.5. The van der Waals surface area contributed by atoms with E-state index in [1.165, 1.54) is 4.90 Å². The number of alkyl carbamates (subject to hydrolysis) is 1. The Morgan fingerprint density at radius 2 is 1.63 bits per heavy atom. The van der Waals surface area contributed by atoms with Crippen LogP contribution in [0.25, 0.3) is 11.1 Å². The van der Waals surface area contributed by atoms with Crippen LogP contribution in [-0.2, 0) is 20.8 Å². The number of rotatable bonds is 8. The van der Waals surface area contributed by atoms with Gasteiger partial charge in [0.05, 0.1) is 12.6 Å².